The van der Waals surface area contributed by atoms with Crippen LogP contribution in [0.1, 0.15) is 31.2 Å². The molecule has 3 atom stereocenters. The maximum atomic E-state index is 3.92. The molecule has 1 aromatic carbocycles. The van der Waals surface area contributed by atoms with Crippen LogP contribution in [0, 0.1) is 0 Å². The Balaban J connectivity index is 1.37. The number of rotatable bonds is 6. The molecule has 0 aromatic heterocycles. The first kappa shape index (κ1) is 15.4. The molecule has 2 nitrogen and oxygen atoms in total. The number of hydrogen-bond acceptors (Lipinski definition) is 3. The molecule has 3 rings (SSSR count). The average Bonchev–Trinajstić information content (AvgIpc) is 3.16. The molecule has 1 aliphatic carbocycles. The lowest BCUT2D eigenvalue weighted by molar-refractivity contribution is 0.325. The molecule has 2 fully saturated rings. The van der Waals surface area contributed by atoms with Gasteiger partial charge in [-0.3, -0.25) is 0 Å². The van der Waals surface area contributed by atoms with Crippen molar-refractivity contribution in [3.63, 3.8) is 0 Å². The van der Waals surface area contributed by atoms with E-state index >= 15 is 0 Å². The van der Waals surface area contributed by atoms with Crippen LogP contribution in [0.4, 0.5) is 0 Å². The standard InChI is InChI=1S/C18H28N2S/c1-21-18-8-7-16(13-18)19-17-10-12-20(14-17)11-9-15-5-3-2-4-6-15/h2-6,16-19H,7-14H2,1H3. The van der Waals surface area contributed by atoms with E-state index in [0.29, 0.717) is 0 Å². The lowest BCUT2D eigenvalue weighted by Crippen LogP contribution is -2.39. The van der Waals surface area contributed by atoms with Gasteiger partial charge in [-0.1, -0.05) is 30.3 Å². The molecule has 1 aliphatic heterocycles. The second-order valence-electron chi connectivity index (χ2n) is 6.56. The lowest BCUT2D eigenvalue weighted by Gasteiger charge is -2.20. The van der Waals surface area contributed by atoms with Crippen LogP contribution in [0.5, 0.6) is 0 Å². The highest BCUT2D eigenvalue weighted by atomic mass is 32.2. The monoisotopic (exact) mass is 304 g/mol. The predicted molar refractivity (Wildman–Crippen MR) is 93.1 cm³/mol. The number of thioether (sulfide) groups is 1. The third-order valence-electron chi connectivity index (χ3n) is 5.02. The quantitative estimate of drug-likeness (QED) is 0.869. The first-order chi connectivity index (χ1) is 10.3. The molecular weight excluding hydrogens is 276 g/mol. The lowest BCUT2D eigenvalue weighted by atomic mass is 10.1. The summed E-state index contributed by atoms with van der Waals surface area (Å²) in [6.07, 6.45) is 8.94. The molecule has 0 bridgehead atoms. The third kappa shape index (κ3) is 4.48. The fourth-order valence-corrected chi connectivity index (χ4v) is 4.54. The normalized spacial score (nSPS) is 30.0. The number of nitrogens with one attached hydrogen (secondary N) is 1. The van der Waals surface area contributed by atoms with Crippen LogP contribution in [-0.2, 0) is 6.42 Å². The van der Waals surface area contributed by atoms with Crippen LogP contribution in [0.3, 0.4) is 0 Å². The smallest absolute Gasteiger partial charge is 0.0209 e. The molecule has 0 spiro atoms. The predicted octanol–water partition coefficient (Wildman–Crippen LogP) is 3.18. The summed E-state index contributed by atoms with van der Waals surface area (Å²) in [6.45, 7) is 3.72. The molecular formula is C18H28N2S. The topological polar surface area (TPSA) is 15.3 Å². The Hall–Kier alpha value is -0.510. The van der Waals surface area contributed by atoms with Gasteiger partial charge in [0, 0.05) is 30.4 Å². The average molecular weight is 305 g/mol. The molecule has 3 unspecified atom stereocenters. The molecule has 1 saturated heterocycles. The van der Waals surface area contributed by atoms with E-state index in [2.05, 4.69) is 46.8 Å². The zero-order valence-corrected chi connectivity index (χ0v) is 13.9. The second-order valence-corrected chi connectivity index (χ2v) is 7.69. The first-order valence-electron chi connectivity index (χ1n) is 8.38. The van der Waals surface area contributed by atoms with Gasteiger partial charge >= 0.3 is 0 Å². The molecule has 2 aliphatic rings. The number of likely N-dealkylation sites (tertiary alicyclic amines) is 1. The molecule has 1 heterocycles. The zero-order chi connectivity index (χ0) is 14.5. The molecule has 3 heteroatoms. The van der Waals surface area contributed by atoms with Gasteiger partial charge in [-0.15, -0.1) is 0 Å². The Bertz CT molecular complexity index is 422. The highest BCUT2D eigenvalue weighted by Gasteiger charge is 2.28. The number of nitrogens with zero attached hydrogens (tertiary/aromatic N) is 1. The van der Waals surface area contributed by atoms with Gasteiger partial charge in [0.2, 0.25) is 0 Å². The Morgan fingerprint density at radius 1 is 1.14 bits per heavy atom. The van der Waals surface area contributed by atoms with Gasteiger partial charge in [-0.25, -0.2) is 0 Å². The summed E-state index contributed by atoms with van der Waals surface area (Å²) in [5.41, 5.74) is 1.47. The summed E-state index contributed by atoms with van der Waals surface area (Å²) in [6, 6.07) is 12.4. The largest absolute Gasteiger partial charge is 0.310 e. The van der Waals surface area contributed by atoms with E-state index in [9.17, 15) is 0 Å². The summed E-state index contributed by atoms with van der Waals surface area (Å²) in [5.74, 6) is 0. The van der Waals surface area contributed by atoms with Crippen LogP contribution in [0.2, 0.25) is 0 Å². The summed E-state index contributed by atoms with van der Waals surface area (Å²) in [4.78, 5) is 2.63. The van der Waals surface area contributed by atoms with Crippen molar-refractivity contribution in [2.75, 3.05) is 25.9 Å². The van der Waals surface area contributed by atoms with Crippen molar-refractivity contribution in [3.8, 4) is 0 Å². The Labute approximate surface area is 133 Å². The Morgan fingerprint density at radius 3 is 2.76 bits per heavy atom. The van der Waals surface area contributed by atoms with E-state index in [1.165, 1.54) is 57.3 Å². The summed E-state index contributed by atoms with van der Waals surface area (Å²) in [7, 11) is 0. The maximum Gasteiger partial charge on any atom is 0.0209 e. The van der Waals surface area contributed by atoms with E-state index in [1.807, 2.05) is 11.8 Å². The summed E-state index contributed by atoms with van der Waals surface area (Å²) < 4.78 is 0. The molecule has 116 valence electrons. The molecule has 0 radical (unpaired) electrons. The van der Waals surface area contributed by atoms with Crippen molar-refractivity contribution in [3.05, 3.63) is 35.9 Å². The number of benzene rings is 1. The highest BCUT2D eigenvalue weighted by molar-refractivity contribution is 7.99. The maximum absolute atomic E-state index is 3.92. The Morgan fingerprint density at radius 2 is 2.00 bits per heavy atom. The SMILES string of the molecule is CSC1CCC(NC2CCN(CCc3ccccc3)C2)C1. The summed E-state index contributed by atoms with van der Waals surface area (Å²) in [5, 5.41) is 4.82. The second kappa shape index (κ2) is 7.66. The molecule has 1 saturated carbocycles. The van der Waals surface area contributed by atoms with Crippen molar-refractivity contribution in [2.24, 2.45) is 0 Å². The molecule has 1 N–H and O–H groups in total. The van der Waals surface area contributed by atoms with E-state index in [0.717, 1.165) is 17.3 Å². The fraction of sp³-hybridized carbons (Fsp3) is 0.667. The van der Waals surface area contributed by atoms with Gasteiger partial charge in [0.05, 0.1) is 0 Å². The van der Waals surface area contributed by atoms with Crippen LogP contribution in [0.25, 0.3) is 0 Å². The van der Waals surface area contributed by atoms with Gasteiger partial charge < -0.3 is 10.2 Å². The van der Waals surface area contributed by atoms with E-state index in [1.54, 1.807) is 0 Å². The van der Waals surface area contributed by atoms with Crippen molar-refractivity contribution in [1.29, 1.82) is 0 Å². The zero-order valence-electron chi connectivity index (χ0n) is 13.1. The third-order valence-corrected chi connectivity index (χ3v) is 6.12. The van der Waals surface area contributed by atoms with Crippen LogP contribution < -0.4 is 5.32 Å². The minimum Gasteiger partial charge on any atom is -0.310 e. The van der Waals surface area contributed by atoms with Gasteiger partial charge in [0.25, 0.3) is 0 Å². The van der Waals surface area contributed by atoms with E-state index < -0.39 is 0 Å². The van der Waals surface area contributed by atoms with Gasteiger partial charge in [-0.05, 0) is 50.5 Å². The van der Waals surface area contributed by atoms with Crippen molar-refractivity contribution in [1.82, 2.24) is 10.2 Å². The highest BCUT2D eigenvalue weighted by Crippen LogP contribution is 2.29. The van der Waals surface area contributed by atoms with E-state index in [4.69, 9.17) is 0 Å². The van der Waals surface area contributed by atoms with Crippen LogP contribution in [0.15, 0.2) is 30.3 Å². The van der Waals surface area contributed by atoms with Crippen molar-refractivity contribution < 1.29 is 0 Å². The first-order valence-corrected chi connectivity index (χ1v) is 9.67. The van der Waals surface area contributed by atoms with Crippen LogP contribution in [-0.4, -0.2) is 48.1 Å². The fourth-order valence-electron chi connectivity index (χ4n) is 3.74. The van der Waals surface area contributed by atoms with Gasteiger partial charge in [-0.2, -0.15) is 11.8 Å². The molecule has 1 aromatic rings. The van der Waals surface area contributed by atoms with Crippen LogP contribution >= 0.6 is 11.8 Å². The summed E-state index contributed by atoms with van der Waals surface area (Å²) >= 11 is 2.05. The minimum absolute atomic E-state index is 0.728. The van der Waals surface area contributed by atoms with Gasteiger partial charge in [0.1, 0.15) is 0 Å². The van der Waals surface area contributed by atoms with E-state index in [-0.39, 0.29) is 0 Å². The molecule has 21 heavy (non-hydrogen) atoms. The Kier molecular flexibility index (Phi) is 5.61. The van der Waals surface area contributed by atoms with Gasteiger partial charge in [0.15, 0.2) is 0 Å². The van der Waals surface area contributed by atoms with Crippen molar-refractivity contribution >= 4 is 11.8 Å². The molecule has 0 amide bonds. The van der Waals surface area contributed by atoms with Crippen molar-refractivity contribution in [2.45, 2.75) is 49.4 Å². The number of hydrogen-bond donors (Lipinski definition) is 1. The minimum atomic E-state index is 0.728.